The maximum Gasteiger partial charge on any atom is 0.273 e. The lowest BCUT2D eigenvalue weighted by Gasteiger charge is -2.17. The number of halogens is 2. The van der Waals surface area contributed by atoms with Gasteiger partial charge in [-0.15, -0.1) is 0 Å². The number of ether oxygens (including phenoxy) is 1. The minimum atomic E-state index is -2.58. The van der Waals surface area contributed by atoms with E-state index >= 15 is 0 Å². The predicted molar refractivity (Wildman–Crippen MR) is 38.8 cm³/mol. The molecule has 66 valence electrons. The molecule has 0 spiro atoms. The van der Waals surface area contributed by atoms with Gasteiger partial charge in [0.2, 0.25) is 0 Å². The van der Waals surface area contributed by atoms with Crippen molar-refractivity contribution in [2.45, 2.75) is 38.7 Å². The molecule has 0 N–H and O–H groups in total. The zero-order chi connectivity index (χ0) is 8.48. The Kier molecular flexibility index (Phi) is 2.47. The molecular formula is C8H14F2O. The average Bonchev–Trinajstić information content (AvgIpc) is 2.64. The van der Waals surface area contributed by atoms with E-state index in [-0.39, 0.29) is 6.10 Å². The molecule has 0 amide bonds. The number of alkyl halides is 2. The highest BCUT2D eigenvalue weighted by molar-refractivity contribution is 4.87. The lowest BCUT2D eigenvalue weighted by atomic mass is 10.2. The van der Waals surface area contributed by atoms with Gasteiger partial charge < -0.3 is 4.74 Å². The fourth-order valence-corrected chi connectivity index (χ4v) is 0.901. The molecule has 0 heterocycles. The van der Waals surface area contributed by atoms with E-state index in [1.807, 2.05) is 0 Å². The van der Waals surface area contributed by atoms with Crippen LogP contribution in [-0.4, -0.2) is 18.6 Å². The summed E-state index contributed by atoms with van der Waals surface area (Å²) >= 11 is 0. The van der Waals surface area contributed by atoms with E-state index in [1.54, 1.807) is 13.8 Å². The molecule has 1 aliphatic rings. The molecule has 1 nitrogen and oxygen atoms in total. The van der Waals surface area contributed by atoms with Crippen LogP contribution in [0.15, 0.2) is 0 Å². The second-order valence-electron chi connectivity index (χ2n) is 3.40. The minimum absolute atomic E-state index is 0.0976. The summed E-state index contributed by atoms with van der Waals surface area (Å²) in [4.78, 5) is 0. The quantitative estimate of drug-likeness (QED) is 0.620. The van der Waals surface area contributed by atoms with Crippen LogP contribution in [0.5, 0.6) is 0 Å². The van der Waals surface area contributed by atoms with Crippen LogP contribution in [0.2, 0.25) is 0 Å². The summed E-state index contributed by atoms with van der Waals surface area (Å²) in [5, 5.41) is 0. The molecule has 1 rings (SSSR count). The Morgan fingerprint density at radius 1 is 1.45 bits per heavy atom. The van der Waals surface area contributed by atoms with E-state index < -0.39 is 18.4 Å². The van der Waals surface area contributed by atoms with Crippen molar-refractivity contribution in [3.63, 3.8) is 0 Å². The van der Waals surface area contributed by atoms with E-state index in [0.29, 0.717) is 12.8 Å². The molecule has 0 aromatic heterocycles. The van der Waals surface area contributed by atoms with Crippen molar-refractivity contribution in [2.24, 2.45) is 5.92 Å². The molecule has 0 aliphatic heterocycles. The highest BCUT2D eigenvalue weighted by Gasteiger charge is 2.46. The molecule has 0 atom stereocenters. The van der Waals surface area contributed by atoms with Crippen LogP contribution in [0.4, 0.5) is 8.78 Å². The zero-order valence-electron chi connectivity index (χ0n) is 6.94. The lowest BCUT2D eigenvalue weighted by Crippen LogP contribution is -2.27. The Balaban J connectivity index is 2.22. The van der Waals surface area contributed by atoms with Crippen molar-refractivity contribution in [2.75, 3.05) is 6.61 Å². The largest absolute Gasteiger partial charge is 0.373 e. The molecule has 0 radical (unpaired) electrons. The third kappa shape index (κ3) is 2.73. The van der Waals surface area contributed by atoms with Crippen molar-refractivity contribution in [3.05, 3.63) is 0 Å². The van der Waals surface area contributed by atoms with E-state index in [4.69, 9.17) is 4.74 Å². The average molecular weight is 164 g/mol. The zero-order valence-corrected chi connectivity index (χ0v) is 6.94. The van der Waals surface area contributed by atoms with Crippen molar-refractivity contribution < 1.29 is 13.5 Å². The first-order valence-electron chi connectivity index (χ1n) is 4.02. The molecular weight excluding hydrogens is 150 g/mol. The van der Waals surface area contributed by atoms with Crippen molar-refractivity contribution in [1.29, 1.82) is 0 Å². The van der Waals surface area contributed by atoms with Gasteiger partial charge in [0.1, 0.15) is 6.61 Å². The molecule has 11 heavy (non-hydrogen) atoms. The Hall–Kier alpha value is -0.180. The summed E-state index contributed by atoms with van der Waals surface area (Å²) in [5.74, 6) is -2.98. The van der Waals surface area contributed by atoms with E-state index in [9.17, 15) is 8.78 Å². The predicted octanol–water partition coefficient (Wildman–Crippen LogP) is 2.46. The highest BCUT2D eigenvalue weighted by atomic mass is 19.3. The lowest BCUT2D eigenvalue weighted by molar-refractivity contribution is -0.106. The standard InChI is InChI=1S/C8H14F2O/c1-6(2)11-5-8(9,10)7-3-4-7/h6-7H,3-5H2,1-2H3. The fourth-order valence-electron chi connectivity index (χ4n) is 0.901. The third-order valence-electron chi connectivity index (χ3n) is 1.78. The second-order valence-corrected chi connectivity index (χ2v) is 3.40. The number of rotatable bonds is 4. The molecule has 1 fully saturated rings. The maximum atomic E-state index is 12.8. The van der Waals surface area contributed by atoms with Gasteiger partial charge in [0.25, 0.3) is 5.92 Å². The van der Waals surface area contributed by atoms with E-state index in [1.165, 1.54) is 0 Å². The maximum absolute atomic E-state index is 12.8. The summed E-state index contributed by atoms with van der Waals surface area (Å²) in [7, 11) is 0. The van der Waals surface area contributed by atoms with E-state index in [2.05, 4.69) is 0 Å². The topological polar surface area (TPSA) is 9.23 Å². The molecule has 0 bridgehead atoms. The van der Waals surface area contributed by atoms with Gasteiger partial charge in [0.05, 0.1) is 6.10 Å². The van der Waals surface area contributed by atoms with Gasteiger partial charge in [-0.05, 0) is 26.7 Å². The van der Waals surface area contributed by atoms with Crippen LogP contribution in [0, 0.1) is 5.92 Å². The van der Waals surface area contributed by atoms with Gasteiger partial charge in [-0.2, -0.15) is 0 Å². The van der Waals surface area contributed by atoms with Crippen LogP contribution >= 0.6 is 0 Å². The van der Waals surface area contributed by atoms with Gasteiger partial charge in [0.15, 0.2) is 0 Å². The molecule has 0 unspecified atom stereocenters. The van der Waals surface area contributed by atoms with Gasteiger partial charge in [-0.25, -0.2) is 8.78 Å². The number of hydrogen-bond acceptors (Lipinski definition) is 1. The molecule has 0 aromatic rings. The Bertz CT molecular complexity index is 130. The minimum Gasteiger partial charge on any atom is -0.373 e. The van der Waals surface area contributed by atoms with Crippen LogP contribution in [0.1, 0.15) is 26.7 Å². The highest BCUT2D eigenvalue weighted by Crippen LogP contribution is 2.43. The van der Waals surface area contributed by atoms with Crippen LogP contribution < -0.4 is 0 Å². The Morgan fingerprint density at radius 3 is 2.36 bits per heavy atom. The summed E-state index contributed by atoms with van der Waals surface area (Å²) in [6.45, 7) is 3.13. The van der Waals surface area contributed by atoms with Gasteiger partial charge in [0, 0.05) is 5.92 Å². The first-order valence-corrected chi connectivity index (χ1v) is 4.02. The second kappa shape index (κ2) is 3.05. The van der Waals surface area contributed by atoms with Crippen LogP contribution in [-0.2, 0) is 4.74 Å². The summed E-state index contributed by atoms with van der Waals surface area (Å²) in [6, 6.07) is 0. The van der Waals surface area contributed by atoms with Crippen molar-refractivity contribution in [1.82, 2.24) is 0 Å². The van der Waals surface area contributed by atoms with Crippen molar-refractivity contribution >= 4 is 0 Å². The van der Waals surface area contributed by atoms with Crippen LogP contribution in [0.3, 0.4) is 0 Å². The summed E-state index contributed by atoms with van der Waals surface area (Å²) in [5.41, 5.74) is 0. The van der Waals surface area contributed by atoms with Gasteiger partial charge in [-0.3, -0.25) is 0 Å². The molecule has 3 heteroatoms. The molecule has 0 saturated heterocycles. The smallest absolute Gasteiger partial charge is 0.273 e. The Morgan fingerprint density at radius 2 is 2.00 bits per heavy atom. The van der Waals surface area contributed by atoms with Crippen molar-refractivity contribution in [3.8, 4) is 0 Å². The third-order valence-corrected chi connectivity index (χ3v) is 1.78. The first-order chi connectivity index (χ1) is 5.02. The summed E-state index contributed by atoms with van der Waals surface area (Å²) in [6.07, 6.45) is 1.22. The molecule has 1 saturated carbocycles. The normalized spacial score (nSPS) is 19.4. The first kappa shape index (κ1) is 8.91. The molecule has 0 aromatic carbocycles. The fraction of sp³-hybridized carbons (Fsp3) is 1.00. The van der Waals surface area contributed by atoms with E-state index in [0.717, 1.165) is 0 Å². The van der Waals surface area contributed by atoms with Gasteiger partial charge in [-0.1, -0.05) is 0 Å². The molecule has 1 aliphatic carbocycles. The number of hydrogen-bond donors (Lipinski definition) is 0. The summed E-state index contributed by atoms with van der Waals surface area (Å²) < 4.78 is 30.5. The monoisotopic (exact) mass is 164 g/mol. The Labute approximate surface area is 65.7 Å². The SMILES string of the molecule is CC(C)OCC(F)(F)C1CC1. The van der Waals surface area contributed by atoms with Gasteiger partial charge >= 0.3 is 0 Å². The van der Waals surface area contributed by atoms with Crippen LogP contribution in [0.25, 0.3) is 0 Å².